The van der Waals surface area contributed by atoms with Crippen LogP contribution in [0.25, 0.3) is 0 Å². The maximum absolute atomic E-state index is 10.4. The van der Waals surface area contributed by atoms with E-state index in [4.69, 9.17) is 5.41 Å². The van der Waals surface area contributed by atoms with Crippen molar-refractivity contribution in [3.63, 3.8) is 0 Å². The van der Waals surface area contributed by atoms with Crippen LogP contribution in [0, 0.1) is 45.3 Å². The Morgan fingerprint density at radius 1 is 1.40 bits per heavy atom. The topological polar surface area (TPSA) is 94.9 Å². The molecular formula is C15H14N4O. The van der Waals surface area contributed by atoms with Crippen LogP contribution in [0.3, 0.4) is 0 Å². The molecule has 4 atom stereocenters. The van der Waals surface area contributed by atoms with Gasteiger partial charge in [0.05, 0.1) is 6.07 Å². The molecule has 5 heteroatoms. The number of hydrogen-bond donors (Lipinski definition) is 2. The average molecular weight is 266 g/mol. The molecule has 5 nitrogen and oxygen atoms in total. The molecule has 0 aromatic rings. The second-order valence-corrected chi connectivity index (χ2v) is 6.08. The Bertz CT molecular complexity index is 677. The summed E-state index contributed by atoms with van der Waals surface area (Å²) in [6, 6.07) is 4.13. The highest BCUT2D eigenvalue weighted by molar-refractivity contribution is 5.97. The highest BCUT2D eigenvalue weighted by Gasteiger charge is 2.61. The maximum Gasteiger partial charge on any atom is 0.208 e. The lowest BCUT2D eigenvalue weighted by Gasteiger charge is -2.34. The predicted octanol–water partition coefficient (Wildman–Crippen LogP) is 2.21. The van der Waals surface area contributed by atoms with Gasteiger partial charge < -0.3 is 5.11 Å². The molecule has 2 heterocycles. The first-order chi connectivity index (χ1) is 9.65. The van der Waals surface area contributed by atoms with Crippen molar-refractivity contribution in [3.05, 3.63) is 23.1 Å². The molecule has 2 bridgehead atoms. The van der Waals surface area contributed by atoms with Crippen LogP contribution in [0.5, 0.6) is 0 Å². The van der Waals surface area contributed by atoms with Gasteiger partial charge in [-0.3, -0.25) is 10.3 Å². The quantitative estimate of drug-likeness (QED) is 0.657. The van der Waals surface area contributed by atoms with Crippen LogP contribution in [0.2, 0.25) is 0 Å². The van der Waals surface area contributed by atoms with E-state index in [2.05, 4.69) is 12.1 Å². The Balaban J connectivity index is 1.93. The predicted molar refractivity (Wildman–Crippen MR) is 70.2 cm³/mol. The van der Waals surface area contributed by atoms with E-state index in [-0.39, 0.29) is 23.3 Å². The van der Waals surface area contributed by atoms with Crippen LogP contribution in [-0.4, -0.2) is 21.9 Å². The van der Waals surface area contributed by atoms with Crippen LogP contribution < -0.4 is 0 Å². The number of aliphatic hydroxyl groups excluding tert-OH is 1. The first kappa shape index (κ1) is 11.5. The van der Waals surface area contributed by atoms with Crippen molar-refractivity contribution in [2.24, 2.45) is 17.3 Å². The summed E-state index contributed by atoms with van der Waals surface area (Å²) >= 11 is 0. The summed E-state index contributed by atoms with van der Waals surface area (Å²) < 4.78 is 0. The van der Waals surface area contributed by atoms with Gasteiger partial charge in [-0.25, -0.2) is 0 Å². The third-order valence-corrected chi connectivity index (χ3v) is 5.37. The molecule has 2 N–H and O–H groups in total. The minimum atomic E-state index is -1.29. The Hall–Kier alpha value is -2.27. The summed E-state index contributed by atoms with van der Waals surface area (Å²) in [4.78, 5) is 1.57. The molecule has 0 unspecified atom stereocenters. The normalized spacial score (nSPS) is 41.1. The summed E-state index contributed by atoms with van der Waals surface area (Å²) in [6.07, 6.45) is 5.54. The fourth-order valence-electron chi connectivity index (χ4n) is 4.34. The van der Waals surface area contributed by atoms with Gasteiger partial charge in [0.15, 0.2) is 5.41 Å². The summed E-state index contributed by atoms with van der Waals surface area (Å²) in [6.45, 7) is 0. The molecule has 2 aliphatic carbocycles. The zero-order chi connectivity index (χ0) is 14.1. The zero-order valence-corrected chi connectivity index (χ0v) is 10.9. The zero-order valence-electron chi connectivity index (χ0n) is 10.9. The number of amidine groups is 1. The lowest BCUT2D eigenvalue weighted by Crippen LogP contribution is -2.44. The smallest absolute Gasteiger partial charge is 0.208 e. The molecule has 2 saturated carbocycles. The summed E-state index contributed by atoms with van der Waals surface area (Å²) in [5.41, 5.74) is 0.133. The molecule has 0 saturated heterocycles. The minimum Gasteiger partial charge on any atom is -0.494 e. The molecule has 4 aliphatic rings. The number of rotatable bonds is 0. The first-order valence-corrected chi connectivity index (χ1v) is 6.99. The van der Waals surface area contributed by atoms with Crippen molar-refractivity contribution in [1.82, 2.24) is 4.90 Å². The molecule has 0 aromatic heterocycles. The summed E-state index contributed by atoms with van der Waals surface area (Å²) in [5.74, 6) is 0.893. The Morgan fingerprint density at radius 3 is 2.90 bits per heavy atom. The number of aliphatic hydroxyl groups is 1. The van der Waals surface area contributed by atoms with Gasteiger partial charge in [-0.15, -0.1) is 0 Å². The van der Waals surface area contributed by atoms with E-state index >= 15 is 0 Å². The Kier molecular flexibility index (Phi) is 1.98. The van der Waals surface area contributed by atoms with E-state index < -0.39 is 5.41 Å². The average Bonchev–Trinajstić information content (AvgIpc) is 3.10. The largest absolute Gasteiger partial charge is 0.494 e. The molecule has 2 aliphatic heterocycles. The number of fused-ring (bicyclic) bond motifs is 4. The van der Waals surface area contributed by atoms with E-state index in [1.54, 1.807) is 4.90 Å². The maximum atomic E-state index is 10.4. The molecule has 0 aromatic carbocycles. The second-order valence-electron chi connectivity index (χ2n) is 6.08. The van der Waals surface area contributed by atoms with Gasteiger partial charge in [0.25, 0.3) is 0 Å². The molecule has 0 amide bonds. The van der Waals surface area contributed by atoms with Gasteiger partial charge in [0.1, 0.15) is 17.5 Å². The fourth-order valence-corrected chi connectivity index (χ4v) is 4.34. The molecule has 100 valence electrons. The lowest BCUT2D eigenvalue weighted by atomic mass is 9.79. The highest BCUT2D eigenvalue weighted by Crippen LogP contribution is 2.60. The second kappa shape index (κ2) is 3.43. The van der Waals surface area contributed by atoms with E-state index in [9.17, 15) is 15.6 Å². The Morgan fingerprint density at radius 2 is 2.20 bits per heavy atom. The molecule has 20 heavy (non-hydrogen) atoms. The number of nitrogens with zero attached hydrogens (tertiary/aromatic N) is 3. The highest BCUT2D eigenvalue weighted by atomic mass is 16.3. The SMILES string of the molecule is N#CC1=C(O)N2C(=N)[C@@]1(C#N)CC=C1[C@H]3[C@@H]1CCC[C@H]32. The van der Waals surface area contributed by atoms with Gasteiger partial charge in [-0.2, -0.15) is 10.5 Å². The van der Waals surface area contributed by atoms with E-state index in [0.717, 1.165) is 12.8 Å². The van der Waals surface area contributed by atoms with Gasteiger partial charge in [0.2, 0.25) is 5.88 Å². The molecule has 2 fully saturated rings. The van der Waals surface area contributed by atoms with Crippen molar-refractivity contribution in [2.75, 3.05) is 0 Å². The van der Waals surface area contributed by atoms with Crippen molar-refractivity contribution in [3.8, 4) is 12.1 Å². The summed E-state index contributed by atoms with van der Waals surface area (Å²) in [5, 5.41) is 37.7. The molecule has 0 spiro atoms. The number of hydrogen-bond acceptors (Lipinski definition) is 4. The first-order valence-electron chi connectivity index (χ1n) is 6.99. The molecular weight excluding hydrogens is 252 g/mol. The van der Waals surface area contributed by atoms with Gasteiger partial charge >= 0.3 is 0 Å². The molecule has 0 radical (unpaired) electrons. The van der Waals surface area contributed by atoms with Crippen LogP contribution in [0.4, 0.5) is 0 Å². The Labute approximate surface area is 116 Å². The van der Waals surface area contributed by atoms with Crippen LogP contribution in [0.15, 0.2) is 23.1 Å². The van der Waals surface area contributed by atoms with E-state index in [1.165, 1.54) is 12.0 Å². The van der Waals surface area contributed by atoms with Crippen molar-refractivity contribution >= 4 is 5.84 Å². The monoisotopic (exact) mass is 266 g/mol. The van der Waals surface area contributed by atoms with Crippen molar-refractivity contribution < 1.29 is 5.11 Å². The standard InChI is InChI=1S/C15H14N4O/c16-6-10-13(20)19-11-3-1-2-8-9(12(8)11)4-5-15(10,7-17)14(19)18/h4,8,11-12,18,20H,1-3,5H2/t8-,11-,12-,15-/m1/s1. The van der Waals surface area contributed by atoms with Gasteiger partial charge in [0, 0.05) is 12.0 Å². The lowest BCUT2D eigenvalue weighted by molar-refractivity contribution is 0.188. The number of nitrogens with one attached hydrogen (secondary N) is 1. The van der Waals surface area contributed by atoms with E-state index in [1.807, 2.05) is 6.07 Å². The van der Waals surface area contributed by atoms with Gasteiger partial charge in [-0.1, -0.05) is 18.1 Å². The van der Waals surface area contributed by atoms with Gasteiger partial charge in [-0.05, 0) is 25.2 Å². The number of nitriles is 2. The minimum absolute atomic E-state index is 0.0465. The molecule has 4 rings (SSSR count). The third kappa shape index (κ3) is 1.06. The van der Waals surface area contributed by atoms with Crippen LogP contribution >= 0.6 is 0 Å². The fraction of sp³-hybridized carbons (Fsp3) is 0.533. The van der Waals surface area contributed by atoms with E-state index in [0.29, 0.717) is 18.3 Å². The van der Waals surface area contributed by atoms with Crippen LogP contribution in [-0.2, 0) is 0 Å². The third-order valence-electron chi connectivity index (χ3n) is 5.37. The van der Waals surface area contributed by atoms with Crippen molar-refractivity contribution in [1.29, 1.82) is 15.9 Å². The summed E-state index contributed by atoms with van der Waals surface area (Å²) in [7, 11) is 0. The van der Waals surface area contributed by atoms with Crippen LogP contribution in [0.1, 0.15) is 25.7 Å². The van der Waals surface area contributed by atoms with Crippen molar-refractivity contribution in [2.45, 2.75) is 31.7 Å². The number of allylic oxidation sites excluding steroid dienone is 1.